The first-order valence-corrected chi connectivity index (χ1v) is 9.03. The number of rotatable bonds is 3. The van der Waals surface area contributed by atoms with Crippen molar-refractivity contribution in [3.63, 3.8) is 0 Å². The fourth-order valence-corrected chi connectivity index (χ4v) is 3.59. The van der Waals surface area contributed by atoms with Gasteiger partial charge in [-0.05, 0) is 53.4 Å². The Morgan fingerprint density at radius 1 is 1.00 bits per heavy atom. The highest BCUT2D eigenvalue weighted by atomic mass is 16.4. The Balaban J connectivity index is 1.94. The molecule has 142 valence electrons. The van der Waals surface area contributed by atoms with E-state index in [9.17, 15) is 9.59 Å². The van der Waals surface area contributed by atoms with Crippen molar-refractivity contribution in [2.75, 3.05) is 5.32 Å². The number of amides is 1. The zero-order valence-electron chi connectivity index (χ0n) is 16.4. The first-order chi connectivity index (χ1) is 12.5. The van der Waals surface area contributed by atoms with E-state index in [1.54, 1.807) is 0 Å². The molecule has 1 aliphatic carbocycles. The highest BCUT2D eigenvalue weighted by Crippen LogP contribution is 2.47. The van der Waals surface area contributed by atoms with Gasteiger partial charge < -0.3 is 10.4 Å². The number of aryl methyl sites for hydroxylation is 1. The fourth-order valence-electron chi connectivity index (χ4n) is 3.59. The number of nitrogens with zero attached hydrogens (tertiary/aromatic N) is 2. The van der Waals surface area contributed by atoms with Gasteiger partial charge in [0.15, 0.2) is 0 Å². The third kappa shape index (κ3) is 3.56. The minimum absolute atomic E-state index is 0.0394. The largest absolute Gasteiger partial charge is 0.478 e. The van der Waals surface area contributed by atoms with Crippen LogP contribution in [0.3, 0.4) is 0 Å². The van der Waals surface area contributed by atoms with Gasteiger partial charge in [0.25, 0.3) is 5.91 Å². The third-order valence-electron chi connectivity index (χ3n) is 5.55. The van der Waals surface area contributed by atoms with Gasteiger partial charge in [0.05, 0.1) is 5.56 Å². The number of carbonyl (C=O) groups is 2. The summed E-state index contributed by atoms with van der Waals surface area (Å²) in [7, 11) is 0. The third-order valence-corrected chi connectivity index (χ3v) is 5.55. The summed E-state index contributed by atoms with van der Waals surface area (Å²) < 4.78 is 0. The zero-order valence-corrected chi connectivity index (χ0v) is 16.4. The van der Waals surface area contributed by atoms with Crippen LogP contribution in [0, 0.1) is 6.92 Å². The highest BCUT2D eigenvalue weighted by Gasteiger charge is 2.37. The van der Waals surface area contributed by atoms with Crippen molar-refractivity contribution in [1.29, 1.82) is 0 Å². The number of hydrogen-bond acceptors (Lipinski definition) is 4. The van der Waals surface area contributed by atoms with E-state index in [1.807, 2.05) is 6.92 Å². The molecule has 0 saturated heterocycles. The van der Waals surface area contributed by atoms with E-state index in [0.29, 0.717) is 0 Å². The standard InChI is InChI=1S/C21H25N3O3/c1-12-8-14-15(21(4,5)7-6-20(14,2)3)9-16(12)24-18(25)17-22-10-13(11-23-17)19(26)27/h8-11H,6-7H2,1-5H3,(H,24,25)(H,26,27). The molecular formula is C21H25N3O3. The van der Waals surface area contributed by atoms with Crippen LogP contribution in [0.5, 0.6) is 0 Å². The summed E-state index contributed by atoms with van der Waals surface area (Å²) >= 11 is 0. The van der Waals surface area contributed by atoms with Crippen molar-refractivity contribution < 1.29 is 14.7 Å². The number of carbonyl (C=O) groups excluding carboxylic acids is 1. The number of aromatic carboxylic acids is 1. The number of benzene rings is 1. The predicted octanol–water partition coefficient (Wildman–Crippen LogP) is 4.08. The lowest BCUT2D eigenvalue weighted by Crippen LogP contribution is -2.34. The quantitative estimate of drug-likeness (QED) is 0.852. The lowest BCUT2D eigenvalue weighted by molar-refractivity contribution is 0.0695. The SMILES string of the molecule is Cc1cc2c(cc1NC(=O)c1ncc(C(=O)O)cn1)C(C)(C)CCC2(C)C. The molecule has 0 unspecified atom stereocenters. The van der Waals surface area contributed by atoms with Gasteiger partial charge in [0.2, 0.25) is 5.82 Å². The second-order valence-electron chi connectivity index (χ2n) is 8.54. The van der Waals surface area contributed by atoms with Crippen LogP contribution in [0.2, 0.25) is 0 Å². The maximum absolute atomic E-state index is 12.5. The molecule has 3 rings (SSSR count). The van der Waals surface area contributed by atoms with Gasteiger partial charge in [-0.1, -0.05) is 33.8 Å². The van der Waals surface area contributed by atoms with Crippen LogP contribution in [-0.4, -0.2) is 27.0 Å². The normalized spacial score (nSPS) is 17.1. The molecule has 1 heterocycles. The van der Waals surface area contributed by atoms with E-state index in [4.69, 9.17) is 5.11 Å². The second kappa shape index (κ2) is 6.44. The Morgan fingerprint density at radius 3 is 2.04 bits per heavy atom. The van der Waals surface area contributed by atoms with Gasteiger partial charge in [-0.15, -0.1) is 0 Å². The molecule has 0 atom stereocenters. The minimum Gasteiger partial charge on any atom is -0.478 e. The Kier molecular flexibility index (Phi) is 4.54. The Morgan fingerprint density at radius 2 is 1.52 bits per heavy atom. The molecule has 0 aliphatic heterocycles. The Bertz CT molecular complexity index is 915. The van der Waals surface area contributed by atoms with Crippen molar-refractivity contribution in [3.05, 3.63) is 52.6 Å². The predicted molar refractivity (Wildman–Crippen MR) is 103 cm³/mol. The fraction of sp³-hybridized carbons (Fsp3) is 0.429. The van der Waals surface area contributed by atoms with Crippen molar-refractivity contribution in [2.24, 2.45) is 0 Å². The first kappa shape index (κ1) is 19.0. The molecule has 1 aliphatic rings. The molecule has 0 saturated carbocycles. The van der Waals surface area contributed by atoms with Crippen LogP contribution < -0.4 is 5.32 Å². The van der Waals surface area contributed by atoms with E-state index in [1.165, 1.54) is 11.1 Å². The number of nitrogens with one attached hydrogen (secondary N) is 1. The summed E-state index contributed by atoms with van der Waals surface area (Å²) in [5.41, 5.74) is 4.38. The summed E-state index contributed by atoms with van der Waals surface area (Å²) in [4.78, 5) is 31.1. The summed E-state index contributed by atoms with van der Waals surface area (Å²) in [5, 5.41) is 11.8. The lowest BCUT2D eigenvalue weighted by atomic mass is 9.63. The minimum atomic E-state index is -1.13. The van der Waals surface area contributed by atoms with Crippen LogP contribution >= 0.6 is 0 Å². The van der Waals surface area contributed by atoms with E-state index >= 15 is 0 Å². The second-order valence-corrected chi connectivity index (χ2v) is 8.54. The maximum Gasteiger partial charge on any atom is 0.338 e. The van der Waals surface area contributed by atoms with Crippen molar-refractivity contribution in [3.8, 4) is 0 Å². The number of hydrogen-bond donors (Lipinski definition) is 2. The Hall–Kier alpha value is -2.76. The van der Waals surface area contributed by atoms with Gasteiger partial charge in [-0.2, -0.15) is 0 Å². The highest BCUT2D eigenvalue weighted by molar-refractivity contribution is 6.02. The average Bonchev–Trinajstić information content (AvgIpc) is 2.60. The molecule has 1 amide bonds. The van der Waals surface area contributed by atoms with Gasteiger partial charge in [0.1, 0.15) is 0 Å². The van der Waals surface area contributed by atoms with E-state index in [2.05, 4.69) is 55.1 Å². The van der Waals surface area contributed by atoms with Crippen LogP contribution in [-0.2, 0) is 10.8 Å². The number of anilines is 1. The summed E-state index contributed by atoms with van der Waals surface area (Å²) in [5.74, 6) is -1.64. The molecule has 27 heavy (non-hydrogen) atoms. The summed E-state index contributed by atoms with van der Waals surface area (Å²) in [6.45, 7) is 11.0. The lowest BCUT2D eigenvalue weighted by Gasteiger charge is -2.42. The van der Waals surface area contributed by atoms with E-state index in [-0.39, 0.29) is 22.2 Å². The Labute approximate surface area is 159 Å². The number of fused-ring (bicyclic) bond motifs is 1. The molecule has 6 nitrogen and oxygen atoms in total. The molecule has 2 N–H and O–H groups in total. The number of carboxylic acids is 1. The first-order valence-electron chi connectivity index (χ1n) is 9.03. The molecule has 1 aromatic carbocycles. The number of carboxylic acid groups (broad SMARTS) is 1. The van der Waals surface area contributed by atoms with Gasteiger partial charge in [-0.3, -0.25) is 4.79 Å². The van der Waals surface area contributed by atoms with E-state index < -0.39 is 11.9 Å². The van der Waals surface area contributed by atoms with E-state index in [0.717, 1.165) is 36.5 Å². The van der Waals surface area contributed by atoms with Crippen molar-refractivity contribution >= 4 is 17.6 Å². The van der Waals surface area contributed by atoms with Crippen LogP contribution in [0.25, 0.3) is 0 Å². The molecule has 1 aromatic heterocycles. The van der Waals surface area contributed by atoms with Gasteiger partial charge in [0, 0.05) is 18.1 Å². The van der Waals surface area contributed by atoms with Crippen LogP contribution in [0.4, 0.5) is 5.69 Å². The van der Waals surface area contributed by atoms with Gasteiger partial charge in [-0.25, -0.2) is 14.8 Å². The zero-order chi connectivity index (χ0) is 20.0. The molecule has 0 fully saturated rings. The molecular weight excluding hydrogens is 342 g/mol. The summed E-state index contributed by atoms with van der Waals surface area (Å²) in [6, 6.07) is 4.23. The molecule has 0 spiro atoms. The van der Waals surface area contributed by atoms with Crippen molar-refractivity contribution in [1.82, 2.24) is 9.97 Å². The number of aromatic nitrogens is 2. The van der Waals surface area contributed by atoms with Crippen LogP contribution in [0.15, 0.2) is 24.5 Å². The van der Waals surface area contributed by atoms with Crippen LogP contribution in [0.1, 0.15) is 78.2 Å². The average molecular weight is 367 g/mol. The summed E-state index contributed by atoms with van der Waals surface area (Å²) in [6.07, 6.45) is 4.48. The molecule has 0 radical (unpaired) electrons. The monoisotopic (exact) mass is 367 g/mol. The smallest absolute Gasteiger partial charge is 0.338 e. The molecule has 6 heteroatoms. The van der Waals surface area contributed by atoms with Crippen molar-refractivity contribution in [2.45, 2.75) is 58.3 Å². The topological polar surface area (TPSA) is 92.2 Å². The molecule has 2 aromatic rings. The maximum atomic E-state index is 12.5. The molecule has 0 bridgehead atoms. The van der Waals surface area contributed by atoms with Gasteiger partial charge >= 0.3 is 5.97 Å².